The smallest absolute Gasteiger partial charge is 0.283 e. The maximum atomic E-state index is 12.9. The number of ether oxygens (including phenoxy) is 1. The van der Waals surface area contributed by atoms with E-state index in [1.54, 1.807) is 41.7 Å². The molecule has 1 amide bonds. The highest BCUT2D eigenvalue weighted by molar-refractivity contribution is 7.98. The minimum Gasteiger partial charge on any atom is -0.497 e. The molecule has 0 spiro atoms. The van der Waals surface area contributed by atoms with Gasteiger partial charge in [-0.1, -0.05) is 0 Å². The number of hydrogen-bond acceptors (Lipinski definition) is 8. The van der Waals surface area contributed by atoms with Gasteiger partial charge in [0.25, 0.3) is 11.6 Å². The number of rotatable bonds is 7. The Labute approximate surface area is 200 Å². The summed E-state index contributed by atoms with van der Waals surface area (Å²) in [5, 5.41) is 14.4. The molecule has 2 aromatic carbocycles. The Hall–Kier alpha value is -2.95. The molecule has 33 heavy (non-hydrogen) atoms. The van der Waals surface area contributed by atoms with Crippen LogP contribution in [0, 0.1) is 10.1 Å². The number of piperazine rings is 1. The van der Waals surface area contributed by atoms with Gasteiger partial charge in [-0.05, 0) is 42.7 Å². The topological polar surface area (TPSA) is 88.8 Å². The number of thiazole rings is 1. The second kappa shape index (κ2) is 10.3. The zero-order valence-corrected chi connectivity index (χ0v) is 20.0. The second-order valence-corrected chi connectivity index (χ2v) is 9.29. The predicted octanol–water partition coefficient (Wildman–Crippen LogP) is 4.41. The van der Waals surface area contributed by atoms with Gasteiger partial charge in [0, 0.05) is 55.3 Å². The summed E-state index contributed by atoms with van der Waals surface area (Å²) in [6, 6.07) is 12.6. The van der Waals surface area contributed by atoms with Crippen LogP contribution in [0.25, 0.3) is 10.6 Å². The fourth-order valence-electron chi connectivity index (χ4n) is 3.73. The Morgan fingerprint density at radius 2 is 1.91 bits per heavy atom. The Kier molecular flexibility index (Phi) is 7.26. The zero-order valence-electron chi connectivity index (χ0n) is 18.4. The molecule has 0 radical (unpaired) electrons. The molecule has 1 saturated heterocycles. The second-order valence-electron chi connectivity index (χ2n) is 7.58. The van der Waals surface area contributed by atoms with Crippen molar-refractivity contribution in [3.8, 4) is 16.3 Å². The maximum absolute atomic E-state index is 12.9. The van der Waals surface area contributed by atoms with Crippen LogP contribution in [0.2, 0.25) is 0 Å². The lowest BCUT2D eigenvalue weighted by molar-refractivity contribution is -0.387. The van der Waals surface area contributed by atoms with Gasteiger partial charge in [0.2, 0.25) is 0 Å². The Balaban J connectivity index is 1.35. The molecule has 10 heteroatoms. The number of benzene rings is 2. The number of methoxy groups -OCH3 is 1. The highest BCUT2D eigenvalue weighted by Crippen LogP contribution is 2.29. The van der Waals surface area contributed by atoms with Crippen LogP contribution in [0.15, 0.2) is 52.7 Å². The number of nitro groups is 1. The van der Waals surface area contributed by atoms with E-state index in [1.807, 2.05) is 24.3 Å². The summed E-state index contributed by atoms with van der Waals surface area (Å²) in [5.74, 6) is 0.651. The highest BCUT2D eigenvalue weighted by Gasteiger charge is 2.25. The SMILES string of the molecule is COc1ccc(-c2nc(CN3CCN(C(=O)c4ccc(SC)c([N+](=O)[O-])c4)CC3)cs2)cc1. The number of hydrogen-bond donors (Lipinski definition) is 0. The van der Waals surface area contributed by atoms with Crippen molar-refractivity contribution in [1.82, 2.24) is 14.8 Å². The third-order valence-corrected chi connectivity index (χ3v) is 7.28. The van der Waals surface area contributed by atoms with Crippen molar-refractivity contribution < 1.29 is 14.5 Å². The Bertz CT molecular complexity index is 1140. The maximum Gasteiger partial charge on any atom is 0.283 e. The van der Waals surface area contributed by atoms with Crippen molar-refractivity contribution in [2.45, 2.75) is 11.4 Å². The average molecular weight is 485 g/mol. The lowest BCUT2D eigenvalue weighted by Gasteiger charge is -2.34. The van der Waals surface area contributed by atoms with Crippen molar-refractivity contribution in [3.05, 3.63) is 69.2 Å². The molecule has 1 aliphatic heterocycles. The van der Waals surface area contributed by atoms with Gasteiger partial charge in [-0.25, -0.2) is 4.98 Å². The first-order valence-corrected chi connectivity index (χ1v) is 12.5. The molecule has 0 saturated carbocycles. The van der Waals surface area contributed by atoms with Crippen LogP contribution in [0.5, 0.6) is 5.75 Å². The number of nitrogens with zero attached hydrogens (tertiary/aromatic N) is 4. The van der Waals surface area contributed by atoms with Crippen LogP contribution >= 0.6 is 23.1 Å². The summed E-state index contributed by atoms with van der Waals surface area (Å²) < 4.78 is 5.21. The van der Waals surface area contributed by atoms with E-state index in [2.05, 4.69) is 10.3 Å². The number of aromatic nitrogens is 1. The molecule has 8 nitrogen and oxygen atoms in total. The van der Waals surface area contributed by atoms with Crippen LogP contribution in [0.1, 0.15) is 16.1 Å². The van der Waals surface area contributed by atoms with E-state index in [0.29, 0.717) is 23.5 Å². The van der Waals surface area contributed by atoms with E-state index < -0.39 is 4.92 Å². The van der Waals surface area contributed by atoms with Crippen molar-refractivity contribution in [3.63, 3.8) is 0 Å². The quantitative estimate of drug-likeness (QED) is 0.279. The van der Waals surface area contributed by atoms with Gasteiger partial charge in [0.15, 0.2) is 0 Å². The standard InChI is InChI=1S/C23H24N4O4S2/c1-31-19-6-3-16(4-7-19)22-24-18(15-33-22)14-25-9-11-26(12-10-25)23(28)17-5-8-21(32-2)20(13-17)27(29)30/h3-8,13,15H,9-12,14H2,1-2H3. The van der Waals surface area contributed by atoms with Crippen LogP contribution in [0.3, 0.4) is 0 Å². The van der Waals surface area contributed by atoms with E-state index in [0.717, 1.165) is 41.6 Å². The molecule has 4 rings (SSSR count). The van der Waals surface area contributed by atoms with Gasteiger partial charge in [0.1, 0.15) is 10.8 Å². The lowest BCUT2D eigenvalue weighted by Crippen LogP contribution is -2.48. The summed E-state index contributed by atoms with van der Waals surface area (Å²) in [4.78, 5) is 33.1. The monoisotopic (exact) mass is 484 g/mol. The first kappa shape index (κ1) is 23.2. The molecule has 0 unspecified atom stereocenters. The molecule has 1 aromatic heterocycles. The molecule has 0 aliphatic carbocycles. The number of carbonyl (C=O) groups is 1. The molecule has 1 fully saturated rings. The number of nitro benzene ring substituents is 1. The minimum absolute atomic E-state index is 0.0248. The number of thioether (sulfide) groups is 1. The third kappa shape index (κ3) is 5.35. The highest BCUT2D eigenvalue weighted by atomic mass is 32.2. The van der Waals surface area contributed by atoms with Crippen LogP contribution in [0.4, 0.5) is 5.69 Å². The predicted molar refractivity (Wildman–Crippen MR) is 130 cm³/mol. The summed E-state index contributed by atoms with van der Waals surface area (Å²) in [7, 11) is 1.65. The molecule has 0 bridgehead atoms. The van der Waals surface area contributed by atoms with Crippen molar-refractivity contribution >= 4 is 34.7 Å². The first-order valence-electron chi connectivity index (χ1n) is 10.4. The normalized spacial score (nSPS) is 14.3. The van der Waals surface area contributed by atoms with Gasteiger partial charge in [0.05, 0.1) is 22.6 Å². The van der Waals surface area contributed by atoms with Gasteiger partial charge in [-0.15, -0.1) is 23.1 Å². The molecule has 3 aromatic rings. The van der Waals surface area contributed by atoms with Crippen LogP contribution in [-0.2, 0) is 6.54 Å². The molecule has 0 N–H and O–H groups in total. The van der Waals surface area contributed by atoms with Gasteiger partial charge in [-0.3, -0.25) is 19.8 Å². The summed E-state index contributed by atoms with van der Waals surface area (Å²) >= 11 is 2.91. The molecule has 2 heterocycles. The fraction of sp³-hybridized carbons (Fsp3) is 0.304. The van der Waals surface area contributed by atoms with Crippen LogP contribution in [-0.4, -0.2) is 65.2 Å². The Morgan fingerprint density at radius 3 is 2.55 bits per heavy atom. The summed E-state index contributed by atoms with van der Waals surface area (Å²) in [5.41, 5.74) is 2.40. The third-order valence-electron chi connectivity index (χ3n) is 5.56. The minimum atomic E-state index is -0.436. The largest absolute Gasteiger partial charge is 0.497 e. The van der Waals surface area contributed by atoms with Gasteiger partial charge in [-0.2, -0.15) is 0 Å². The number of amides is 1. The zero-order chi connectivity index (χ0) is 23.4. The molecular formula is C23H24N4O4S2. The van der Waals surface area contributed by atoms with E-state index in [1.165, 1.54) is 17.8 Å². The summed E-state index contributed by atoms with van der Waals surface area (Å²) in [6.07, 6.45) is 1.78. The van der Waals surface area contributed by atoms with Gasteiger partial charge < -0.3 is 9.64 Å². The van der Waals surface area contributed by atoms with Crippen LogP contribution < -0.4 is 4.74 Å². The molecule has 172 valence electrons. The van der Waals surface area contributed by atoms with Crippen molar-refractivity contribution in [1.29, 1.82) is 0 Å². The average Bonchev–Trinajstić information content (AvgIpc) is 3.32. The molecule has 1 aliphatic rings. The van der Waals surface area contributed by atoms with E-state index in [4.69, 9.17) is 9.72 Å². The van der Waals surface area contributed by atoms with E-state index in [-0.39, 0.29) is 11.6 Å². The number of carbonyl (C=O) groups excluding carboxylic acids is 1. The molecular weight excluding hydrogens is 460 g/mol. The fourth-order valence-corrected chi connectivity index (χ4v) is 5.10. The van der Waals surface area contributed by atoms with E-state index >= 15 is 0 Å². The van der Waals surface area contributed by atoms with Crippen molar-refractivity contribution in [2.24, 2.45) is 0 Å². The molecule has 0 atom stereocenters. The van der Waals surface area contributed by atoms with Gasteiger partial charge >= 0.3 is 0 Å². The first-order chi connectivity index (χ1) is 16.0. The van der Waals surface area contributed by atoms with Crippen molar-refractivity contribution in [2.75, 3.05) is 39.5 Å². The Morgan fingerprint density at radius 1 is 1.18 bits per heavy atom. The lowest BCUT2D eigenvalue weighted by atomic mass is 10.1. The van der Waals surface area contributed by atoms with E-state index in [9.17, 15) is 14.9 Å². The summed E-state index contributed by atoms with van der Waals surface area (Å²) in [6.45, 7) is 3.33.